The Bertz CT molecular complexity index is 530. The molecule has 7 heteroatoms. The van der Waals surface area contributed by atoms with Crippen molar-refractivity contribution < 1.29 is 14.7 Å². The summed E-state index contributed by atoms with van der Waals surface area (Å²) in [6, 6.07) is 0.277. The number of aromatic nitrogens is 1. The number of nitrogens with zero attached hydrogens (tertiary/aromatic N) is 1. The number of carbonyl (C=O) groups is 2. The first-order valence-corrected chi connectivity index (χ1v) is 8.90. The average molecular weight is 328 g/mol. The minimum absolute atomic E-state index is 0.00322. The van der Waals surface area contributed by atoms with E-state index in [2.05, 4.69) is 17.2 Å². The molecule has 1 aliphatic carbocycles. The van der Waals surface area contributed by atoms with Crippen LogP contribution in [-0.4, -0.2) is 33.8 Å². The van der Waals surface area contributed by atoms with Gasteiger partial charge in [-0.1, -0.05) is 31.5 Å². The molecule has 1 heterocycles. The number of carboxylic acid groups (broad SMARTS) is 1. The van der Waals surface area contributed by atoms with E-state index >= 15 is 0 Å². The van der Waals surface area contributed by atoms with E-state index in [0.717, 1.165) is 17.8 Å². The van der Waals surface area contributed by atoms with E-state index in [1.54, 1.807) is 6.92 Å². The molecule has 1 saturated carbocycles. The fourth-order valence-corrected chi connectivity index (χ4v) is 4.38. The average Bonchev–Trinajstić information content (AvgIpc) is 2.80. The van der Waals surface area contributed by atoms with Crippen molar-refractivity contribution in [3.63, 3.8) is 0 Å². The zero-order valence-corrected chi connectivity index (χ0v) is 13.9. The van der Waals surface area contributed by atoms with Crippen molar-refractivity contribution in [2.24, 2.45) is 5.92 Å². The van der Waals surface area contributed by atoms with Gasteiger partial charge in [-0.3, -0.25) is 4.79 Å². The van der Waals surface area contributed by atoms with E-state index in [-0.39, 0.29) is 22.6 Å². The Kier molecular flexibility index (Phi) is 5.64. The number of thiazole rings is 1. The van der Waals surface area contributed by atoms with Crippen molar-refractivity contribution in [1.29, 1.82) is 0 Å². The molecule has 1 amide bonds. The number of nitrogens with one attached hydrogen (secondary N) is 1. The quantitative estimate of drug-likeness (QED) is 0.812. The summed E-state index contributed by atoms with van der Waals surface area (Å²) in [7, 11) is 0. The molecule has 0 saturated heterocycles. The number of aromatic carboxylic acids is 1. The summed E-state index contributed by atoms with van der Waals surface area (Å²) in [5.41, 5.74) is 0.510. The van der Waals surface area contributed by atoms with Crippen LogP contribution in [0.1, 0.15) is 48.0 Å². The molecule has 0 radical (unpaired) electrons. The molecule has 1 fully saturated rings. The van der Waals surface area contributed by atoms with Crippen molar-refractivity contribution in [2.75, 3.05) is 5.75 Å². The van der Waals surface area contributed by atoms with Gasteiger partial charge in [-0.2, -0.15) is 0 Å². The van der Waals surface area contributed by atoms with Crippen LogP contribution in [0.25, 0.3) is 0 Å². The molecular formula is C14H20N2O3S2. The summed E-state index contributed by atoms with van der Waals surface area (Å²) >= 11 is 2.43. The number of thioether (sulfide) groups is 1. The molecule has 0 aromatic carbocycles. The largest absolute Gasteiger partial charge is 0.477 e. The van der Waals surface area contributed by atoms with E-state index in [9.17, 15) is 9.59 Å². The molecule has 1 aliphatic rings. The van der Waals surface area contributed by atoms with Gasteiger partial charge >= 0.3 is 5.97 Å². The van der Waals surface area contributed by atoms with Gasteiger partial charge in [0.25, 0.3) is 0 Å². The molecule has 2 atom stereocenters. The summed E-state index contributed by atoms with van der Waals surface area (Å²) in [6.07, 6.45) is 4.65. The first-order valence-electron chi connectivity index (χ1n) is 7.10. The van der Waals surface area contributed by atoms with E-state index < -0.39 is 5.97 Å². The molecule has 1 aromatic rings. The van der Waals surface area contributed by atoms with Gasteiger partial charge in [-0.25, -0.2) is 9.78 Å². The lowest BCUT2D eigenvalue weighted by molar-refractivity contribution is -0.119. The highest BCUT2D eigenvalue weighted by Gasteiger charge is 2.23. The topological polar surface area (TPSA) is 79.3 Å². The van der Waals surface area contributed by atoms with E-state index in [1.807, 2.05) is 0 Å². The van der Waals surface area contributed by atoms with Gasteiger partial charge in [-0.15, -0.1) is 11.3 Å². The standard InChI is InChI=1S/C14H20N2O3S2/c1-8-5-3-4-6-10(8)16-11(17)7-20-14-15-9(2)12(21-14)13(18)19/h8,10H,3-7H2,1-2H3,(H,16,17)(H,18,19). The Labute approximate surface area is 132 Å². The highest BCUT2D eigenvalue weighted by molar-refractivity contribution is 8.01. The number of carbonyl (C=O) groups excluding carboxylic acids is 1. The summed E-state index contributed by atoms with van der Waals surface area (Å²) < 4.78 is 0.636. The fraction of sp³-hybridized carbons (Fsp3) is 0.643. The highest BCUT2D eigenvalue weighted by atomic mass is 32.2. The second-order valence-corrected chi connectivity index (χ2v) is 7.65. The molecule has 1 aromatic heterocycles. The molecule has 2 N–H and O–H groups in total. The second-order valence-electron chi connectivity index (χ2n) is 5.42. The number of rotatable bonds is 5. The van der Waals surface area contributed by atoms with E-state index in [1.165, 1.54) is 31.0 Å². The zero-order chi connectivity index (χ0) is 15.4. The van der Waals surface area contributed by atoms with Crippen molar-refractivity contribution in [3.8, 4) is 0 Å². The van der Waals surface area contributed by atoms with E-state index in [4.69, 9.17) is 5.11 Å². The van der Waals surface area contributed by atoms with Gasteiger partial charge in [0.2, 0.25) is 5.91 Å². The Hall–Kier alpha value is -1.08. The first-order chi connectivity index (χ1) is 9.97. The van der Waals surface area contributed by atoms with Crippen LogP contribution in [0.4, 0.5) is 0 Å². The lowest BCUT2D eigenvalue weighted by atomic mass is 9.86. The summed E-state index contributed by atoms with van der Waals surface area (Å²) in [5.74, 6) is -0.135. The van der Waals surface area contributed by atoms with E-state index in [0.29, 0.717) is 16.0 Å². The van der Waals surface area contributed by atoms with Crippen molar-refractivity contribution in [3.05, 3.63) is 10.6 Å². The molecule has 0 bridgehead atoms. The van der Waals surface area contributed by atoms with Crippen LogP contribution in [0.3, 0.4) is 0 Å². The maximum absolute atomic E-state index is 12.0. The Morgan fingerprint density at radius 3 is 2.76 bits per heavy atom. The van der Waals surface area contributed by atoms with Gasteiger partial charge in [0.1, 0.15) is 4.88 Å². The minimum Gasteiger partial charge on any atom is -0.477 e. The monoisotopic (exact) mass is 328 g/mol. The second kappa shape index (κ2) is 7.26. The minimum atomic E-state index is -0.961. The molecular weight excluding hydrogens is 308 g/mol. The third-order valence-electron chi connectivity index (χ3n) is 3.76. The predicted molar refractivity (Wildman–Crippen MR) is 84.1 cm³/mol. The highest BCUT2D eigenvalue weighted by Crippen LogP contribution is 2.27. The molecule has 21 heavy (non-hydrogen) atoms. The molecule has 0 spiro atoms. The molecule has 116 valence electrons. The van der Waals surface area contributed by atoms with Crippen molar-refractivity contribution >= 4 is 35.0 Å². The van der Waals surface area contributed by atoms with Crippen molar-refractivity contribution in [1.82, 2.24) is 10.3 Å². The lowest BCUT2D eigenvalue weighted by Gasteiger charge is -2.29. The van der Waals surface area contributed by atoms with Crippen LogP contribution in [0.2, 0.25) is 0 Å². The lowest BCUT2D eigenvalue weighted by Crippen LogP contribution is -2.41. The maximum atomic E-state index is 12.0. The van der Waals surface area contributed by atoms with Crippen LogP contribution < -0.4 is 5.32 Å². The third-order valence-corrected chi connectivity index (χ3v) is 6.04. The van der Waals surface area contributed by atoms with Gasteiger partial charge in [0.05, 0.1) is 11.4 Å². The van der Waals surface area contributed by atoms with Crippen LogP contribution in [-0.2, 0) is 4.79 Å². The Morgan fingerprint density at radius 2 is 2.14 bits per heavy atom. The van der Waals surface area contributed by atoms with Crippen LogP contribution >= 0.6 is 23.1 Å². The zero-order valence-electron chi connectivity index (χ0n) is 12.2. The van der Waals surface area contributed by atoms with Gasteiger partial charge in [-0.05, 0) is 25.7 Å². The molecule has 5 nitrogen and oxygen atoms in total. The van der Waals surface area contributed by atoms with Gasteiger partial charge in [0, 0.05) is 6.04 Å². The smallest absolute Gasteiger partial charge is 0.347 e. The summed E-state index contributed by atoms with van der Waals surface area (Å²) in [5, 5.41) is 12.1. The van der Waals surface area contributed by atoms with Crippen molar-refractivity contribution in [2.45, 2.75) is 49.9 Å². The molecule has 2 unspecified atom stereocenters. The molecule has 0 aliphatic heterocycles. The number of hydrogen-bond acceptors (Lipinski definition) is 5. The fourth-order valence-electron chi connectivity index (χ4n) is 2.54. The Balaban J connectivity index is 1.83. The Morgan fingerprint density at radius 1 is 1.43 bits per heavy atom. The third kappa shape index (κ3) is 4.44. The van der Waals surface area contributed by atoms with Crippen LogP contribution in [0.5, 0.6) is 0 Å². The van der Waals surface area contributed by atoms with Gasteiger partial charge < -0.3 is 10.4 Å². The number of carboxylic acids is 1. The summed E-state index contributed by atoms with van der Waals surface area (Å²) in [6.45, 7) is 3.86. The predicted octanol–water partition coefficient (Wildman–Crippen LogP) is 2.94. The van der Waals surface area contributed by atoms with Crippen LogP contribution in [0, 0.1) is 12.8 Å². The van der Waals surface area contributed by atoms with Crippen LogP contribution in [0.15, 0.2) is 4.34 Å². The number of aryl methyl sites for hydroxylation is 1. The normalized spacial score (nSPS) is 22.0. The molecule has 2 rings (SSSR count). The maximum Gasteiger partial charge on any atom is 0.347 e. The summed E-state index contributed by atoms with van der Waals surface area (Å²) in [4.78, 5) is 27.4. The number of hydrogen-bond donors (Lipinski definition) is 2. The first kappa shape index (κ1) is 16.3. The SMILES string of the molecule is Cc1nc(SCC(=O)NC2CCCCC2C)sc1C(=O)O. The van der Waals surface area contributed by atoms with Gasteiger partial charge in [0.15, 0.2) is 4.34 Å². The number of amides is 1.